The van der Waals surface area contributed by atoms with E-state index in [0.29, 0.717) is 28.6 Å². The zero-order valence-corrected chi connectivity index (χ0v) is 17.5. The van der Waals surface area contributed by atoms with Crippen molar-refractivity contribution < 1.29 is 23.7 Å². The van der Waals surface area contributed by atoms with Crippen LogP contribution in [0.5, 0.6) is 23.0 Å². The second kappa shape index (κ2) is 8.11. The van der Waals surface area contributed by atoms with E-state index in [2.05, 4.69) is 12.1 Å². The molecule has 0 fully saturated rings. The summed E-state index contributed by atoms with van der Waals surface area (Å²) >= 11 is 0. The van der Waals surface area contributed by atoms with Crippen LogP contribution in [0.1, 0.15) is 38.9 Å². The van der Waals surface area contributed by atoms with Crippen molar-refractivity contribution in [3.8, 4) is 23.0 Å². The Bertz CT molecular complexity index is 1070. The van der Waals surface area contributed by atoms with Crippen LogP contribution in [-0.4, -0.2) is 34.2 Å². The van der Waals surface area contributed by atoms with Gasteiger partial charge in [0.25, 0.3) is 0 Å². The molecule has 0 spiro atoms. The highest BCUT2D eigenvalue weighted by atomic mass is 16.5. The lowest BCUT2D eigenvalue weighted by Gasteiger charge is -2.21. The van der Waals surface area contributed by atoms with E-state index >= 15 is 0 Å². The minimum Gasteiger partial charge on any atom is -0.493 e. The molecule has 0 bridgehead atoms. The monoisotopic (exact) mass is 404 g/mol. The van der Waals surface area contributed by atoms with Crippen LogP contribution in [0.3, 0.4) is 0 Å². The molecule has 0 aliphatic heterocycles. The van der Waals surface area contributed by atoms with Crippen molar-refractivity contribution >= 4 is 5.78 Å². The van der Waals surface area contributed by atoms with Gasteiger partial charge >= 0.3 is 0 Å². The number of rotatable bonds is 6. The van der Waals surface area contributed by atoms with Crippen molar-refractivity contribution in [3.05, 3.63) is 82.9 Å². The Morgan fingerprint density at radius 3 is 1.83 bits per heavy atom. The number of hydrogen-bond acceptors (Lipinski definition) is 5. The van der Waals surface area contributed by atoms with Crippen molar-refractivity contribution in [2.75, 3.05) is 28.4 Å². The lowest BCUT2D eigenvalue weighted by molar-refractivity contribution is 0.0968. The predicted molar refractivity (Wildman–Crippen MR) is 114 cm³/mol. The average Bonchev–Trinajstić information content (AvgIpc) is 3.09. The molecular weight excluding hydrogens is 380 g/mol. The second-order valence-electron chi connectivity index (χ2n) is 7.14. The van der Waals surface area contributed by atoms with Gasteiger partial charge in [0, 0.05) is 11.5 Å². The quantitative estimate of drug-likeness (QED) is 0.589. The summed E-state index contributed by atoms with van der Waals surface area (Å²) in [5, 5.41) is 0. The Hall–Kier alpha value is -3.47. The number of carbonyl (C=O) groups excluding carboxylic acids is 1. The van der Waals surface area contributed by atoms with E-state index in [4.69, 9.17) is 18.9 Å². The number of benzene rings is 3. The maximum Gasteiger partial charge on any atom is 0.171 e. The fourth-order valence-corrected chi connectivity index (χ4v) is 4.29. The molecular formula is C25H24O5. The van der Waals surface area contributed by atoms with Gasteiger partial charge in [0.2, 0.25) is 0 Å². The molecule has 0 saturated heterocycles. The Labute approximate surface area is 176 Å². The minimum atomic E-state index is -0.390. The molecule has 5 heteroatoms. The molecule has 0 aromatic heterocycles. The van der Waals surface area contributed by atoms with Gasteiger partial charge in [-0.25, -0.2) is 0 Å². The van der Waals surface area contributed by atoms with Crippen LogP contribution in [0, 0.1) is 0 Å². The third-order valence-corrected chi connectivity index (χ3v) is 5.70. The van der Waals surface area contributed by atoms with Crippen LogP contribution in [0.4, 0.5) is 0 Å². The summed E-state index contributed by atoms with van der Waals surface area (Å²) in [6, 6.07) is 19.4. The minimum absolute atomic E-state index is 0.0482. The smallest absolute Gasteiger partial charge is 0.171 e. The van der Waals surface area contributed by atoms with Gasteiger partial charge in [0.15, 0.2) is 28.8 Å². The van der Waals surface area contributed by atoms with Gasteiger partial charge in [-0.2, -0.15) is 0 Å². The van der Waals surface area contributed by atoms with Gasteiger partial charge in [0.05, 0.1) is 34.4 Å². The number of Topliss-reactive ketones (excluding diaryl/α,β-unsaturated/α-hetero) is 1. The SMILES string of the molecule is COc1ccc(C2C(=O)c3cc(OC)c(OC)cc3C2c2ccccc2)cc1OC. The number of ether oxygens (including phenoxy) is 4. The second-order valence-corrected chi connectivity index (χ2v) is 7.14. The van der Waals surface area contributed by atoms with E-state index in [1.165, 1.54) is 0 Å². The summed E-state index contributed by atoms with van der Waals surface area (Å²) in [6.45, 7) is 0. The Balaban J connectivity index is 1.92. The van der Waals surface area contributed by atoms with E-state index in [1.54, 1.807) is 34.5 Å². The summed E-state index contributed by atoms with van der Waals surface area (Å²) in [6.07, 6.45) is 0. The first-order valence-electron chi connectivity index (χ1n) is 9.70. The van der Waals surface area contributed by atoms with Crippen LogP contribution in [0.25, 0.3) is 0 Å². The maximum absolute atomic E-state index is 13.6. The van der Waals surface area contributed by atoms with E-state index in [0.717, 1.165) is 16.7 Å². The number of hydrogen-bond donors (Lipinski definition) is 0. The van der Waals surface area contributed by atoms with Crippen molar-refractivity contribution in [3.63, 3.8) is 0 Å². The Morgan fingerprint density at radius 1 is 0.600 bits per heavy atom. The molecule has 3 aromatic rings. The molecule has 2 unspecified atom stereocenters. The number of fused-ring (bicyclic) bond motifs is 1. The first-order valence-corrected chi connectivity index (χ1v) is 9.70. The molecule has 4 rings (SSSR count). The third kappa shape index (κ3) is 3.16. The molecule has 3 aromatic carbocycles. The predicted octanol–water partition coefficient (Wildman–Crippen LogP) is 4.83. The van der Waals surface area contributed by atoms with Crippen LogP contribution >= 0.6 is 0 Å². The zero-order valence-electron chi connectivity index (χ0n) is 17.5. The molecule has 1 aliphatic carbocycles. The molecule has 0 radical (unpaired) electrons. The fraction of sp³-hybridized carbons (Fsp3) is 0.240. The largest absolute Gasteiger partial charge is 0.493 e. The fourth-order valence-electron chi connectivity index (χ4n) is 4.29. The summed E-state index contributed by atoms with van der Waals surface area (Å²) in [5.74, 6) is 1.89. The highest BCUT2D eigenvalue weighted by Crippen LogP contribution is 2.51. The average molecular weight is 404 g/mol. The molecule has 2 atom stereocenters. The molecule has 0 N–H and O–H groups in total. The van der Waals surface area contributed by atoms with Gasteiger partial charge < -0.3 is 18.9 Å². The van der Waals surface area contributed by atoms with E-state index < -0.39 is 0 Å². The van der Waals surface area contributed by atoms with Crippen LogP contribution in [-0.2, 0) is 0 Å². The molecule has 1 aliphatic rings. The molecule has 30 heavy (non-hydrogen) atoms. The van der Waals surface area contributed by atoms with Gasteiger partial charge in [0.1, 0.15) is 0 Å². The molecule has 0 amide bonds. The maximum atomic E-state index is 13.6. The Kier molecular flexibility index (Phi) is 5.36. The van der Waals surface area contributed by atoms with Crippen molar-refractivity contribution in [2.24, 2.45) is 0 Å². The molecule has 5 nitrogen and oxygen atoms in total. The molecule has 154 valence electrons. The summed E-state index contributed by atoms with van der Waals surface area (Å²) in [5.41, 5.74) is 3.53. The standard InChI is InChI=1S/C25H24O5/c1-27-19-11-10-16(12-20(19)28-2)24-23(15-8-6-5-7-9-15)17-13-21(29-3)22(30-4)14-18(17)25(24)26/h5-14,23-24H,1-4H3. The highest BCUT2D eigenvalue weighted by molar-refractivity contribution is 6.07. The van der Waals surface area contributed by atoms with Crippen LogP contribution in [0.2, 0.25) is 0 Å². The lowest BCUT2D eigenvalue weighted by Crippen LogP contribution is -2.13. The third-order valence-electron chi connectivity index (χ3n) is 5.70. The molecule has 0 heterocycles. The number of carbonyl (C=O) groups is 1. The lowest BCUT2D eigenvalue weighted by atomic mass is 9.81. The summed E-state index contributed by atoms with van der Waals surface area (Å²) < 4.78 is 21.8. The van der Waals surface area contributed by atoms with Crippen LogP contribution in [0.15, 0.2) is 60.7 Å². The van der Waals surface area contributed by atoms with Crippen molar-refractivity contribution in [1.29, 1.82) is 0 Å². The zero-order chi connectivity index (χ0) is 21.3. The van der Waals surface area contributed by atoms with E-state index in [9.17, 15) is 4.79 Å². The van der Waals surface area contributed by atoms with Crippen molar-refractivity contribution in [1.82, 2.24) is 0 Å². The summed E-state index contributed by atoms with van der Waals surface area (Å²) in [4.78, 5) is 13.6. The number of ketones is 1. The Morgan fingerprint density at radius 2 is 1.20 bits per heavy atom. The molecule has 0 saturated carbocycles. The van der Waals surface area contributed by atoms with Crippen LogP contribution < -0.4 is 18.9 Å². The van der Waals surface area contributed by atoms with Crippen molar-refractivity contribution in [2.45, 2.75) is 11.8 Å². The van der Waals surface area contributed by atoms with Gasteiger partial charge in [-0.15, -0.1) is 0 Å². The highest BCUT2D eigenvalue weighted by Gasteiger charge is 2.42. The summed E-state index contributed by atoms with van der Waals surface area (Å²) in [7, 11) is 6.37. The first kappa shape index (κ1) is 19.8. The van der Waals surface area contributed by atoms with Gasteiger partial charge in [-0.3, -0.25) is 4.79 Å². The van der Waals surface area contributed by atoms with E-state index in [-0.39, 0.29) is 17.6 Å². The normalized spacial score (nSPS) is 17.4. The topological polar surface area (TPSA) is 54.0 Å². The first-order chi connectivity index (χ1) is 14.6. The van der Waals surface area contributed by atoms with Gasteiger partial charge in [-0.05, 0) is 41.0 Å². The van der Waals surface area contributed by atoms with E-state index in [1.807, 2.05) is 42.5 Å². The number of methoxy groups -OCH3 is 4. The van der Waals surface area contributed by atoms with Gasteiger partial charge in [-0.1, -0.05) is 36.4 Å².